The minimum atomic E-state index is -1.26. The van der Waals surface area contributed by atoms with Crippen LogP contribution in [0, 0.1) is 12.7 Å². The number of hydrogen-bond acceptors (Lipinski definition) is 10. The summed E-state index contributed by atoms with van der Waals surface area (Å²) in [4.78, 5) is 47.1. The van der Waals surface area contributed by atoms with E-state index in [0.717, 1.165) is 16.0 Å². The van der Waals surface area contributed by atoms with E-state index in [2.05, 4.69) is 24.9 Å². The number of benzene rings is 1. The monoisotopic (exact) mass is 576 g/mol. The number of pyridine rings is 2. The fourth-order valence-electron chi connectivity index (χ4n) is 4.27. The highest BCUT2D eigenvalue weighted by molar-refractivity contribution is 7.21. The molecule has 4 aromatic heterocycles. The number of ether oxygens (including phenoxy) is 2. The van der Waals surface area contributed by atoms with Crippen molar-refractivity contribution in [2.24, 2.45) is 0 Å². The maximum Gasteiger partial charge on any atom is 0.412 e. The second-order valence-corrected chi connectivity index (χ2v) is 10.4. The number of carboxylic acid groups (broad SMARTS) is 1. The Balaban J connectivity index is 1.44. The molecule has 0 bridgehead atoms. The summed E-state index contributed by atoms with van der Waals surface area (Å²) >= 11 is 1.25. The second kappa shape index (κ2) is 11.0. The molecule has 0 saturated heterocycles. The van der Waals surface area contributed by atoms with Gasteiger partial charge in [-0.2, -0.15) is 4.98 Å². The molecule has 0 aliphatic rings. The predicted octanol–water partition coefficient (Wildman–Crippen LogP) is 5.70. The van der Waals surface area contributed by atoms with Crippen LogP contribution in [0.4, 0.5) is 14.9 Å². The van der Waals surface area contributed by atoms with Crippen molar-refractivity contribution in [1.82, 2.24) is 24.9 Å². The minimum Gasteiger partial charge on any atom is -0.480 e. The average molecular weight is 577 g/mol. The number of aromatic nitrogens is 5. The van der Waals surface area contributed by atoms with Gasteiger partial charge in [-0.05, 0) is 50.6 Å². The summed E-state index contributed by atoms with van der Waals surface area (Å²) in [5.74, 6) is -0.865. The lowest BCUT2D eigenvalue weighted by atomic mass is 10.1. The molecule has 0 spiro atoms. The number of amides is 1. The van der Waals surface area contributed by atoms with Crippen molar-refractivity contribution in [3.05, 3.63) is 59.8 Å². The lowest BCUT2D eigenvalue weighted by Gasteiger charge is -2.30. The van der Waals surface area contributed by atoms with E-state index in [-0.39, 0.29) is 23.0 Å². The number of thiazole rings is 1. The SMILES string of the molecule is COc1cnc2c(-c3nc4cc(F)c(O[C@@H](C)[C@@H](C)N(C(=O)O)c5ccc(C(C)=O)nc5)nc4s3)cc(C)cc2n1. The standard InChI is InChI=1S/C28H25FN6O5S/c1-13-8-18(24-21(9-13)32-23(39-5)12-31-24)26-33-22-10-19(29)25(34-27(22)41-26)40-16(4)14(2)35(28(37)38)17-6-7-20(15(3)36)30-11-17/h6-12,14,16H,1-5H3,(H,37,38)/t14-,16+/m1/s1. The smallest absolute Gasteiger partial charge is 0.412 e. The Labute approximate surface area is 237 Å². The summed E-state index contributed by atoms with van der Waals surface area (Å²) < 4.78 is 26.2. The predicted molar refractivity (Wildman–Crippen MR) is 151 cm³/mol. The number of hydrogen-bond donors (Lipinski definition) is 1. The normalized spacial score (nSPS) is 12.7. The summed E-state index contributed by atoms with van der Waals surface area (Å²) in [6.07, 6.45) is 0.756. The van der Waals surface area contributed by atoms with E-state index in [1.165, 1.54) is 56.0 Å². The molecule has 5 aromatic rings. The van der Waals surface area contributed by atoms with E-state index < -0.39 is 24.1 Å². The van der Waals surface area contributed by atoms with Crippen molar-refractivity contribution < 1.29 is 28.6 Å². The third kappa shape index (κ3) is 5.48. The first-order chi connectivity index (χ1) is 19.5. The maximum atomic E-state index is 15.1. The van der Waals surface area contributed by atoms with Crippen LogP contribution in [0.15, 0.2) is 42.7 Å². The van der Waals surface area contributed by atoms with Crippen molar-refractivity contribution in [3.63, 3.8) is 0 Å². The Morgan fingerprint density at radius 1 is 1.05 bits per heavy atom. The molecule has 13 heteroatoms. The van der Waals surface area contributed by atoms with Gasteiger partial charge in [-0.1, -0.05) is 11.3 Å². The van der Waals surface area contributed by atoms with E-state index in [9.17, 15) is 14.7 Å². The van der Waals surface area contributed by atoms with Gasteiger partial charge >= 0.3 is 6.09 Å². The molecule has 1 N–H and O–H groups in total. The van der Waals surface area contributed by atoms with Crippen molar-refractivity contribution in [2.45, 2.75) is 39.8 Å². The molecule has 0 fully saturated rings. The minimum absolute atomic E-state index is 0.213. The van der Waals surface area contributed by atoms with Crippen LogP contribution in [0.25, 0.3) is 32.0 Å². The first-order valence-electron chi connectivity index (χ1n) is 12.5. The highest BCUT2D eigenvalue weighted by atomic mass is 32.1. The second-order valence-electron chi connectivity index (χ2n) is 9.39. The van der Waals surface area contributed by atoms with Crippen LogP contribution in [-0.2, 0) is 0 Å². The molecule has 0 aliphatic carbocycles. The number of halogens is 1. The molecule has 41 heavy (non-hydrogen) atoms. The van der Waals surface area contributed by atoms with Gasteiger partial charge in [0.2, 0.25) is 5.88 Å². The molecule has 4 heterocycles. The number of carbonyl (C=O) groups excluding carboxylic acids is 1. The molecule has 0 aliphatic heterocycles. The molecule has 5 rings (SSSR count). The molecule has 2 atom stereocenters. The van der Waals surface area contributed by atoms with Crippen LogP contribution in [-0.4, -0.2) is 61.2 Å². The van der Waals surface area contributed by atoms with E-state index >= 15 is 4.39 Å². The Bertz CT molecular complexity index is 1800. The summed E-state index contributed by atoms with van der Waals surface area (Å²) in [5, 5.41) is 10.5. The zero-order chi connectivity index (χ0) is 29.4. The van der Waals surface area contributed by atoms with Gasteiger partial charge in [0, 0.05) is 18.6 Å². The molecular weight excluding hydrogens is 551 g/mol. The Morgan fingerprint density at radius 3 is 2.49 bits per heavy atom. The fourth-order valence-corrected chi connectivity index (χ4v) is 5.20. The van der Waals surface area contributed by atoms with Crippen LogP contribution < -0.4 is 14.4 Å². The molecule has 1 amide bonds. The number of nitrogens with zero attached hydrogens (tertiary/aromatic N) is 6. The van der Waals surface area contributed by atoms with Gasteiger partial charge in [-0.3, -0.25) is 14.7 Å². The summed E-state index contributed by atoms with van der Waals surface area (Å²) in [6.45, 7) is 6.54. The van der Waals surface area contributed by atoms with Crippen LogP contribution in [0.2, 0.25) is 0 Å². The highest BCUT2D eigenvalue weighted by Gasteiger charge is 2.29. The summed E-state index contributed by atoms with van der Waals surface area (Å²) in [5.41, 5.74) is 3.72. The van der Waals surface area contributed by atoms with E-state index in [0.29, 0.717) is 32.3 Å². The molecule has 210 valence electrons. The number of rotatable bonds is 8. The number of fused-ring (bicyclic) bond motifs is 2. The van der Waals surface area contributed by atoms with Crippen molar-refractivity contribution >= 4 is 50.3 Å². The number of Topliss-reactive ketones (excluding diaryl/α,β-unsaturated/α-hetero) is 1. The Morgan fingerprint density at radius 2 is 1.83 bits per heavy atom. The number of carbonyl (C=O) groups is 2. The number of aryl methyl sites for hydroxylation is 1. The lowest BCUT2D eigenvalue weighted by Crippen LogP contribution is -2.46. The Hall–Kier alpha value is -4.78. The first kappa shape index (κ1) is 27.8. The van der Waals surface area contributed by atoms with E-state index in [1.54, 1.807) is 13.8 Å². The molecule has 1 aromatic carbocycles. The maximum absolute atomic E-state index is 15.1. The molecule has 0 saturated carbocycles. The third-order valence-corrected chi connectivity index (χ3v) is 7.49. The molecule has 0 unspecified atom stereocenters. The van der Waals surface area contributed by atoms with Crippen molar-refractivity contribution in [3.8, 4) is 22.3 Å². The van der Waals surface area contributed by atoms with Gasteiger partial charge in [-0.15, -0.1) is 0 Å². The average Bonchev–Trinajstić information content (AvgIpc) is 3.34. The lowest BCUT2D eigenvalue weighted by molar-refractivity contribution is 0.101. The van der Waals surface area contributed by atoms with E-state index in [1.807, 2.05) is 19.1 Å². The molecule has 0 radical (unpaired) electrons. The number of methoxy groups -OCH3 is 1. The van der Waals surface area contributed by atoms with E-state index in [4.69, 9.17) is 9.47 Å². The number of anilines is 1. The molecular formula is C28H25FN6O5S. The van der Waals surface area contributed by atoms with Crippen LogP contribution >= 0.6 is 11.3 Å². The zero-order valence-electron chi connectivity index (χ0n) is 22.7. The first-order valence-corrected chi connectivity index (χ1v) is 13.3. The topological polar surface area (TPSA) is 141 Å². The third-order valence-electron chi connectivity index (χ3n) is 6.49. The van der Waals surface area contributed by atoms with Crippen molar-refractivity contribution in [2.75, 3.05) is 12.0 Å². The van der Waals surface area contributed by atoms with Gasteiger partial charge in [0.1, 0.15) is 27.2 Å². The van der Waals surface area contributed by atoms with Gasteiger partial charge in [-0.25, -0.2) is 24.1 Å². The quantitative estimate of drug-likeness (QED) is 0.229. The van der Waals surface area contributed by atoms with Gasteiger partial charge in [0.25, 0.3) is 5.88 Å². The summed E-state index contributed by atoms with van der Waals surface area (Å²) in [7, 11) is 1.52. The highest BCUT2D eigenvalue weighted by Crippen LogP contribution is 2.36. The zero-order valence-corrected chi connectivity index (χ0v) is 23.6. The van der Waals surface area contributed by atoms with Crippen molar-refractivity contribution in [1.29, 1.82) is 0 Å². The van der Waals surface area contributed by atoms with Crippen LogP contribution in [0.1, 0.15) is 36.8 Å². The summed E-state index contributed by atoms with van der Waals surface area (Å²) in [6, 6.07) is 7.23. The Kier molecular flexibility index (Phi) is 7.45. The number of ketones is 1. The fraction of sp³-hybridized carbons (Fsp3) is 0.250. The van der Waals surface area contributed by atoms with Gasteiger partial charge in [0.05, 0.1) is 42.3 Å². The van der Waals surface area contributed by atoms with Crippen LogP contribution in [0.5, 0.6) is 11.8 Å². The van der Waals surface area contributed by atoms with Gasteiger partial charge < -0.3 is 14.6 Å². The largest absolute Gasteiger partial charge is 0.480 e. The van der Waals surface area contributed by atoms with Crippen LogP contribution in [0.3, 0.4) is 0 Å². The molecule has 11 nitrogen and oxygen atoms in total. The van der Waals surface area contributed by atoms with Gasteiger partial charge in [0.15, 0.2) is 11.6 Å².